The number of benzene rings is 1. The zero-order chi connectivity index (χ0) is 18.5. The van der Waals surface area contributed by atoms with Crippen LogP contribution in [-0.4, -0.2) is 56.0 Å². The first kappa shape index (κ1) is 18.7. The number of anilines is 1. The molecule has 6 nitrogen and oxygen atoms in total. The maximum atomic E-state index is 11.8. The first-order valence-electron chi connectivity index (χ1n) is 9.64. The van der Waals surface area contributed by atoms with Crippen LogP contribution in [0.15, 0.2) is 29.3 Å². The summed E-state index contributed by atoms with van der Waals surface area (Å²) < 4.78 is 0. The molecule has 1 aliphatic heterocycles. The fourth-order valence-corrected chi connectivity index (χ4v) is 3.35. The van der Waals surface area contributed by atoms with Gasteiger partial charge in [-0.25, -0.2) is 0 Å². The average molecular weight is 358 g/mol. The van der Waals surface area contributed by atoms with E-state index in [1.54, 1.807) is 7.05 Å². The zero-order valence-corrected chi connectivity index (χ0v) is 16.2. The van der Waals surface area contributed by atoms with Crippen molar-refractivity contribution in [3.8, 4) is 0 Å². The lowest BCUT2D eigenvalue weighted by Crippen LogP contribution is -2.45. The van der Waals surface area contributed by atoms with Crippen molar-refractivity contribution in [2.75, 3.05) is 32.1 Å². The van der Waals surface area contributed by atoms with Gasteiger partial charge in [-0.05, 0) is 50.9 Å². The summed E-state index contributed by atoms with van der Waals surface area (Å²) in [5, 5.41) is 6.77. The molecular weight excluding hydrogens is 326 g/mol. The molecule has 2 N–H and O–H groups in total. The normalized spacial score (nSPS) is 19.2. The van der Waals surface area contributed by atoms with Gasteiger partial charge in [0.2, 0.25) is 5.91 Å². The molecule has 1 atom stereocenters. The van der Waals surface area contributed by atoms with Crippen LogP contribution >= 0.6 is 0 Å². The molecule has 1 aliphatic carbocycles. The molecule has 1 heterocycles. The first-order valence-corrected chi connectivity index (χ1v) is 9.64. The van der Waals surface area contributed by atoms with E-state index in [1.807, 2.05) is 17.0 Å². The lowest BCUT2D eigenvalue weighted by molar-refractivity contribution is -0.117. The van der Waals surface area contributed by atoms with Gasteiger partial charge in [0.1, 0.15) is 0 Å². The predicted octanol–water partition coefficient (Wildman–Crippen LogP) is 1.96. The van der Waals surface area contributed by atoms with Crippen LogP contribution in [0.1, 0.15) is 38.2 Å². The minimum atomic E-state index is 0.228. The maximum absolute atomic E-state index is 11.8. The van der Waals surface area contributed by atoms with Gasteiger partial charge in [0.15, 0.2) is 5.96 Å². The third-order valence-electron chi connectivity index (χ3n) is 5.39. The Morgan fingerprint density at radius 2 is 2.04 bits per heavy atom. The van der Waals surface area contributed by atoms with E-state index in [0.29, 0.717) is 19.0 Å². The summed E-state index contributed by atoms with van der Waals surface area (Å²) >= 11 is 0. The van der Waals surface area contributed by atoms with E-state index >= 15 is 0 Å². The van der Waals surface area contributed by atoms with E-state index in [1.165, 1.54) is 18.4 Å². The Balaban J connectivity index is 1.45. The van der Waals surface area contributed by atoms with Gasteiger partial charge in [-0.15, -0.1) is 0 Å². The third kappa shape index (κ3) is 4.75. The number of guanidine groups is 1. The van der Waals surface area contributed by atoms with E-state index in [-0.39, 0.29) is 5.91 Å². The Labute approximate surface area is 156 Å². The van der Waals surface area contributed by atoms with Gasteiger partial charge >= 0.3 is 0 Å². The third-order valence-corrected chi connectivity index (χ3v) is 5.39. The van der Waals surface area contributed by atoms with Gasteiger partial charge in [0.25, 0.3) is 0 Å². The van der Waals surface area contributed by atoms with Gasteiger partial charge in [-0.2, -0.15) is 0 Å². The monoisotopic (exact) mass is 357 g/mol. The van der Waals surface area contributed by atoms with Gasteiger partial charge in [-0.1, -0.05) is 12.1 Å². The van der Waals surface area contributed by atoms with Gasteiger partial charge < -0.3 is 15.5 Å². The molecule has 1 saturated heterocycles. The van der Waals surface area contributed by atoms with Crippen molar-refractivity contribution in [1.29, 1.82) is 0 Å². The number of rotatable bonds is 7. The topological polar surface area (TPSA) is 60.0 Å². The van der Waals surface area contributed by atoms with Crippen LogP contribution in [0.3, 0.4) is 0 Å². The molecule has 3 rings (SSSR count). The molecule has 2 fully saturated rings. The van der Waals surface area contributed by atoms with Crippen LogP contribution in [0.25, 0.3) is 0 Å². The molecule has 1 amide bonds. The minimum Gasteiger partial charge on any atom is -0.355 e. The molecule has 0 spiro atoms. The molecule has 0 radical (unpaired) electrons. The number of nitrogens with one attached hydrogen (secondary N) is 2. The second-order valence-electron chi connectivity index (χ2n) is 7.37. The molecule has 1 aromatic rings. The quantitative estimate of drug-likeness (QED) is 0.579. The minimum absolute atomic E-state index is 0.228. The molecule has 1 unspecified atom stereocenters. The average Bonchev–Trinajstić information content (AvgIpc) is 3.42. The van der Waals surface area contributed by atoms with Crippen LogP contribution in [0.2, 0.25) is 0 Å². The lowest BCUT2D eigenvalue weighted by Gasteiger charge is -2.25. The fraction of sp³-hybridized carbons (Fsp3) is 0.600. The molecule has 2 aliphatic rings. The van der Waals surface area contributed by atoms with Gasteiger partial charge in [0.05, 0.1) is 0 Å². The number of nitrogens with zero attached hydrogens (tertiary/aromatic N) is 3. The van der Waals surface area contributed by atoms with Crippen molar-refractivity contribution in [1.82, 2.24) is 15.5 Å². The number of hydrogen-bond acceptors (Lipinski definition) is 3. The second-order valence-corrected chi connectivity index (χ2v) is 7.37. The Hall–Kier alpha value is -2.08. The predicted molar refractivity (Wildman–Crippen MR) is 106 cm³/mol. The molecule has 1 saturated carbocycles. The van der Waals surface area contributed by atoms with Crippen molar-refractivity contribution in [2.45, 2.75) is 51.2 Å². The highest BCUT2D eigenvalue weighted by molar-refractivity contribution is 5.95. The van der Waals surface area contributed by atoms with E-state index in [0.717, 1.165) is 37.2 Å². The second kappa shape index (κ2) is 8.54. The summed E-state index contributed by atoms with van der Waals surface area (Å²) in [4.78, 5) is 20.4. The Bertz CT molecular complexity index is 638. The SMILES string of the molecule is CN=C(NCc1ccc(N2CCCC2=O)cc1)NCC(C)N(C)C1CC1. The van der Waals surface area contributed by atoms with Gasteiger partial charge in [0, 0.05) is 50.9 Å². The van der Waals surface area contributed by atoms with E-state index in [2.05, 4.69) is 46.6 Å². The highest BCUT2D eigenvalue weighted by Gasteiger charge is 2.29. The molecule has 26 heavy (non-hydrogen) atoms. The number of hydrogen-bond donors (Lipinski definition) is 2. The summed E-state index contributed by atoms with van der Waals surface area (Å²) in [6.45, 7) is 4.67. The number of aliphatic imine (C=N–C) groups is 1. The molecule has 0 aromatic heterocycles. The van der Waals surface area contributed by atoms with Crippen LogP contribution < -0.4 is 15.5 Å². The largest absolute Gasteiger partial charge is 0.355 e. The summed E-state index contributed by atoms with van der Waals surface area (Å²) in [6, 6.07) is 9.46. The van der Waals surface area contributed by atoms with Crippen molar-refractivity contribution in [3.63, 3.8) is 0 Å². The highest BCUT2D eigenvalue weighted by atomic mass is 16.2. The molecule has 142 valence electrons. The smallest absolute Gasteiger partial charge is 0.227 e. The van der Waals surface area contributed by atoms with Crippen molar-refractivity contribution >= 4 is 17.6 Å². The van der Waals surface area contributed by atoms with Crippen molar-refractivity contribution < 1.29 is 4.79 Å². The Kier molecular flexibility index (Phi) is 6.14. The van der Waals surface area contributed by atoms with Crippen LogP contribution in [0.5, 0.6) is 0 Å². The number of amides is 1. The highest BCUT2D eigenvalue weighted by Crippen LogP contribution is 2.26. The van der Waals surface area contributed by atoms with Crippen LogP contribution in [-0.2, 0) is 11.3 Å². The standard InChI is InChI=1S/C20H31N5O/c1-15(24(3)17-10-11-17)13-22-20(21-2)23-14-16-6-8-18(9-7-16)25-12-4-5-19(25)26/h6-9,15,17H,4-5,10-14H2,1-3H3,(H2,21,22,23). The first-order chi connectivity index (χ1) is 12.6. The number of carbonyl (C=O) groups is 1. The molecular formula is C20H31N5O. The fourth-order valence-electron chi connectivity index (χ4n) is 3.35. The van der Waals surface area contributed by atoms with E-state index < -0.39 is 0 Å². The van der Waals surface area contributed by atoms with E-state index in [9.17, 15) is 4.79 Å². The van der Waals surface area contributed by atoms with Crippen LogP contribution in [0, 0.1) is 0 Å². The van der Waals surface area contributed by atoms with Crippen molar-refractivity contribution in [2.24, 2.45) is 4.99 Å². The summed E-state index contributed by atoms with van der Waals surface area (Å²) in [6.07, 6.45) is 4.28. The summed E-state index contributed by atoms with van der Waals surface area (Å²) in [7, 11) is 4.00. The summed E-state index contributed by atoms with van der Waals surface area (Å²) in [5.74, 6) is 1.05. The summed E-state index contributed by atoms with van der Waals surface area (Å²) in [5.41, 5.74) is 2.17. The Morgan fingerprint density at radius 1 is 1.31 bits per heavy atom. The molecule has 0 bridgehead atoms. The molecule has 1 aromatic carbocycles. The van der Waals surface area contributed by atoms with Gasteiger partial charge in [-0.3, -0.25) is 14.7 Å². The number of carbonyl (C=O) groups excluding carboxylic acids is 1. The lowest BCUT2D eigenvalue weighted by atomic mass is 10.2. The number of likely N-dealkylation sites (N-methyl/N-ethyl adjacent to an activating group) is 1. The molecule has 6 heteroatoms. The maximum Gasteiger partial charge on any atom is 0.227 e. The Morgan fingerprint density at radius 3 is 2.62 bits per heavy atom. The van der Waals surface area contributed by atoms with Crippen molar-refractivity contribution in [3.05, 3.63) is 29.8 Å². The van der Waals surface area contributed by atoms with Crippen LogP contribution in [0.4, 0.5) is 5.69 Å². The van der Waals surface area contributed by atoms with E-state index in [4.69, 9.17) is 0 Å². The zero-order valence-electron chi connectivity index (χ0n) is 16.2.